The zero-order valence-electron chi connectivity index (χ0n) is 9.49. The predicted octanol–water partition coefficient (Wildman–Crippen LogP) is 2.25. The lowest BCUT2D eigenvalue weighted by molar-refractivity contribution is 0.0688. The van der Waals surface area contributed by atoms with E-state index in [-0.39, 0.29) is 5.69 Å². The summed E-state index contributed by atoms with van der Waals surface area (Å²) in [6.45, 7) is 4.04. The van der Waals surface area contributed by atoms with Gasteiger partial charge >= 0.3 is 5.97 Å². The number of hydrogen-bond donors (Lipinski definition) is 1. The molecule has 2 rings (SSSR count). The van der Waals surface area contributed by atoms with Crippen LogP contribution in [0.25, 0.3) is 5.57 Å². The third kappa shape index (κ3) is 1.75. The van der Waals surface area contributed by atoms with Crippen LogP contribution >= 0.6 is 0 Å². The number of fused-ring (bicyclic) bond motifs is 1. The Bertz CT molecular complexity index is 446. The van der Waals surface area contributed by atoms with Gasteiger partial charge in [-0.2, -0.15) is 5.10 Å². The monoisotopic (exact) mass is 220 g/mol. The van der Waals surface area contributed by atoms with Crippen LogP contribution in [0.15, 0.2) is 6.58 Å². The van der Waals surface area contributed by atoms with Crippen LogP contribution in [0.5, 0.6) is 0 Å². The number of allylic oxidation sites excluding steroid dienone is 1. The first-order valence-electron chi connectivity index (χ1n) is 5.58. The molecule has 4 heteroatoms. The van der Waals surface area contributed by atoms with Gasteiger partial charge in [-0.15, -0.1) is 0 Å². The molecule has 1 aromatic rings. The smallest absolute Gasteiger partial charge is 0.356 e. The number of carboxylic acid groups (broad SMARTS) is 1. The molecule has 0 fully saturated rings. The molecule has 0 aromatic carbocycles. The number of carboxylic acids is 1. The van der Waals surface area contributed by atoms with Gasteiger partial charge < -0.3 is 5.11 Å². The van der Waals surface area contributed by atoms with Crippen LogP contribution in [0.4, 0.5) is 0 Å². The van der Waals surface area contributed by atoms with Gasteiger partial charge in [0.1, 0.15) is 0 Å². The number of nitrogens with zero attached hydrogens (tertiary/aromatic N) is 2. The molecule has 0 saturated heterocycles. The first-order valence-corrected chi connectivity index (χ1v) is 5.58. The molecule has 4 nitrogen and oxygen atoms in total. The van der Waals surface area contributed by atoms with Crippen LogP contribution in [0.2, 0.25) is 0 Å². The molecular formula is C12H16N2O2. The summed E-state index contributed by atoms with van der Waals surface area (Å²) >= 11 is 0. The summed E-state index contributed by atoms with van der Waals surface area (Å²) in [5.41, 5.74) is 2.99. The summed E-state index contributed by atoms with van der Waals surface area (Å²) in [5, 5.41) is 13.2. The molecule has 1 aliphatic rings. The topological polar surface area (TPSA) is 55.1 Å². The van der Waals surface area contributed by atoms with Crippen LogP contribution in [0.3, 0.4) is 0 Å². The maximum Gasteiger partial charge on any atom is 0.356 e. The average Bonchev–Trinajstić information content (AvgIpc) is 2.51. The van der Waals surface area contributed by atoms with Crippen molar-refractivity contribution in [2.75, 3.05) is 0 Å². The number of carbonyl (C=O) groups is 1. The molecule has 0 amide bonds. The maximum atomic E-state index is 11.1. The second-order valence-electron chi connectivity index (χ2n) is 4.27. The molecule has 0 bridgehead atoms. The van der Waals surface area contributed by atoms with Gasteiger partial charge in [0.05, 0.1) is 5.69 Å². The van der Waals surface area contributed by atoms with Crippen LogP contribution < -0.4 is 0 Å². The quantitative estimate of drug-likeness (QED) is 0.789. The Hall–Kier alpha value is -1.58. The molecular weight excluding hydrogens is 204 g/mol. The van der Waals surface area contributed by atoms with Crippen molar-refractivity contribution in [3.63, 3.8) is 0 Å². The first-order chi connectivity index (χ1) is 7.61. The van der Waals surface area contributed by atoms with E-state index in [2.05, 4.69) is 11.7 Å². The lowest BCUT2D eigenvalue weighted by Gasteiger charge is -2.13. The van der Waals surface area contributed by atoms with Crippen LogP contribution in [0.1, 0.15) is 47.4 Å². The summed E-state index contributed by atoms with van der Waals surface area (Å²) in [5.74, 6) is -0.940. The fourth-order valence-corrected chi connectivity index (χ4v) is 2.35. The maximum absolute atomic E-state index is 11.1. The fourth-order valence-electron chi connectivity index (χ4n) is 2.35. The Kier molecular flexibility index (Phi) is 2.81. The molecule has 0 saturated carbocycles. The van der Waals surface area contributed by atoms with E-state index >= 15 is 0 Å². The molecule has 86 valence electrons. The summed E-state index contributed by atoms with van der Waals surface area (Å²) in [4.78, 5) is 11.1. The highest BCUT2D eigenvalue weighted by molar-refractivity contribution is 5.89. The molecule has 1 N–H and O–H groups in total. The fraction of sp³-hybridized carbons (Fsp3) is 0.500. The Morgan fingerprint density at radius 2 is 2.06 bits per heavy atom. The third-order valence-electron chi connectivity index (χ3n) is 3.09. The molecule has 16 heavy (non-hydrogen) atoms. The molecule has 1 aliphatic carbocycles. The average molecular weight is 220 g/mol. The van der Waals surface area contributed by atoms with Crippen molar-refractivity contribution < 1.29 is 9.90 Å². The SMILES string of the molecule is C=C1CCCCCc2c(C(=O)O)nn(C)c21. The minimum Gasteiger partial charge on any atom is -0.476 e. The zero-order valence-corrected chi connectivity index (χ0v) is 9.49. The molecule has 0 aliphatic heterocycles. The Labute approximate surface area is 94.6 Å². The predicted molar refractivity (Wildman–Crippen MR) is 61.4 cm³/mol. The minimum absolute atomic E-state index is 0.195. The Balaban J connectivity index is 2.55. The number of aromatic nitrogens is 2. The van der Waals surface area contributed by atoms with Crippen LogP contribution in [0, 0.1) is 0 Å². The number of rotatable bonds is 1. The van der Waals surface area contributed by atoms with E-state index in [1.54, 1.807) is 11.7 Å². The van der Waals surface area contributed by atoms with Gasteiger partial charge in [0.15, 0.2) is 5.69 Å². The first kappa shape index (κ1) is 10.9. The van der Waals surface area contributed by atoms with E-state index in [4.69, 9.17) is 5.11 Å². The molecule has 1 heterocycles. The second-order valence-corrected chi connectivity index (χ2v) is 4.27. The van der Waals surface area contributed by atoms with Gasteiger partial charge in [-0.3, -0.25) is 4.68 Å². The van der Waals surface area contributed by atoms with E-state index in [1.807, 2.05) is 0 Å². The molecule has 1 aromatic heterocycles. The minimum atomic E-state index is -0.940. The molecule has 0 unspecified atom stereocenters. The van der Waals surface area contributed by atoms with Gasteiger partial charge in [0.2, 0.25) is 0 Å². The van der Waals surface area contributed by atoms with Crippen molar-refractivity contribution in [3.05, 3.63) is 23.5 Å². The van der Waals surface area contributed by atoms with Crippen molar-refractivity contribution >= 4 is 11.5 Å². The molecule has 0 atom stereocenters. The van der Waals surface area contributed by atoms with E-state index in [1.165, 1.54) is 0 Å². The lowest BCUT2D eigenvalue weighted by atomic mass is 9.94. The standard InChI is InChI=1S/C12H16N2O2/c1-8-6-4-3-5-7-9-10(12(15)16)13-14(2)11(8)9/h1,3-7H2,2H3,(H,15,16). The van der Waals surface area contributed by atoms with E-state index in [0.717, 1.165) is 48.9 Å². The Morgan fingerprint density at radius 1 is 1.38 bits per heavy atom. The summed E-state index contributed by atoms with van der Waals surface area (Å²) in [6, 6.07) is 0. The van der Waals surface area contributed by atoms with Gasteiger partial charge in [-0.25, -0.2) is 4.79 Å². The largest absolute Gasteiger partial charge is 0.476 e. The van der Waals surface area contributed by atoms with Gasteiger partial charge in [0, 0.05) is 12.6 Å². The highest BCUT2D eigenvalue weighted by Gasteiger charge is 2.23. The normalized spacial score (nSPS) is 16.4. The summed E-state index contributed by atoms with van der Waals surface area (Å²) in [7, 11) is 1.79. The molecule has 0 spiro atoms. The van der Waals surface area contributed by atoms with Crippen molar-refractivity contribution in [3.8, 4) is 0 Å². The van der Waals surface area contributed by atoms with E-state index in [0.29, 0.717) is 0 Å². The van der Waals surface area contributed by atoms with Crippen molar-refractivity contribution in [1.82, 2.24) is 9.78 Å². The van der Waals surface area contributed by atoms with E-state index in [9.17, 15) is 4.79 Å². The van der Waals surface area contributed by atoms with Crippen LogP contribution in [-0.4, -0.2) is 20.9 Å². The van der Waals surface area contributed by atoms with Gasteiger partial charge in [-0.05, 0) is 31.3 Å². The summed E-state index contributed by atoms with van der Waals surface area (Å²) < 4.78 is 1.66. The highest BCUT2D eigenvalue weighted by atomic mass is 16.4. The lowest BCUT2D eigenvalue weighted by Crippen LogP contribution is -2.04. The number of aromatic carboxylic acids is 1. The summed E-state index contributed by atoms with van der Waals surface area (Å²) in [6.07, 6.45) is 5.03. The third-order valence-corrected chi connectivity index (χ3v) is 3.09. The van der Waals surface area contributed by atoms with Gasteiger partial charge in [0.25, 0.3) is 0 Å². The van der Waals surface area contributed by atoms with E-state index < -0.39 is 5.97 Å². The van der Waals surface area contributed by atoms with Crippen molar-refractivity contribution in [2.24, 2.45) is 7.05 Å². The second kappa shape index (κ2) is 4.12. The molecule has 0 radical (unpaired) electrons. The number of hydrogen-bond acceptors (Lipinski definition) is 2. The number of aryl methyl sites for hydroxylation is 1. The van der Waals surface area contributed by atoms with Gasteiger partial charge in [-0.1, -0.05) is 13.0 Å². The van der Waals surface area contributed by atoms with Crippen molar-refractivity contribution in [2.45, 2.75) is 32.1 Å². The zero-order chi connectivity index (χ0) is 11.7. The van der Waals surface area contributed by atoms with Crippen molar-refractivity contribution in [1.29, 1.82) is 0 Å². The van der Waals surface area contributed by atoms with Crippen LogP contribution in [-0.2, 0) is 13.5 Å². The Morgan fingerprint density at radius 3 is 2.75 bits per heavy atom. The highest BCUT2D eigenvalue weighted by Crippen LogP contribution is 2.29.